The Morgan fingerprint density at radius 1 is 1.15 bits per heavy atom. The Kier molecular flexibility index (Phi) is 5.66. The standard InChI is InChI=1S/C19H14ClFN2O3/c20-17-4-2-1-3-16(17)19(24)23-22-11-15-9-10-18(26-15)25-12-13-5-7-14(21)8-6-13/h1-11H,12H2,(H,23,24)/b22-11+. The minimum Gasteiger partial charge on any atom is -0.460 e. The smallest absolute Gasteiger partial charge is 0.285 e. The lowest BCUT2D eigenvalue weighted by molar-refractivity contribution is 0.0955. The molecule has 1 heterocycles. The van der Waals surface area contributed by atoms with Crippen LogP contribution in [0.25, 0.3) is 0 Å². The first-order valence-electron chi connectivity index (χ1n) is 7.67. The molecule has 0 aliphatic carbocycles. The molecule has 0 unspecified atom stereocenters. The predicted molar refractivity (Wildman–Crippen MR) is 96.0 cm³/mol. The summed E-state index contributed by atoms with van der Waals surface area (Å²) in [5.74, 6) is -0.0398. The van der Waals surface area contributed by atoms with Gasteiger partial charge in [0.15, 0.2) is 5.76 Å². The number of hydrazone groups is 1. The van der Waals surface area contributed by atoms with E-state index in [1.807, 2.05) is 0 Å². The van der Waals surface area contributed by atoms with E-state index < -0.39 is 5.91 Å². The first kappa shape index (κ1) is 17.7. The number of hydrogen-bond donors (Lipinski definition) is 1. The van der Waals surface area contributed by atoms with Crippen LogP contribution in [-0.4, -0.2) is 12.1 Å². The fourth-order valence-corrected chi connectivity index (χ4v) is 2.30. The molecule has 0 saturated heterocycles. The van der Waals surface area contributed by atoms with Crippen LogP contribution in [0.5, 0.6) is 5.95 Å². The van der Waals surface area contributed by atoms with Gasteiger partial charge in [-0.1, -0.05) is 35.9 Å². The average molecular weight is 373 g/mol. The molecule has 3 aromatic rings. The molecule has 0 aliphatic heterocycles. The maximum atomic E-state index is 12.8. The van der Waals surface area contributed by atoms with Crippen molar-refractivity contribution in [2.45, 2.75) is 6.61 Å². The van der Waals surface area contributed by atoms with Crippen LogP contribution >= 0.6 is 11.6 Å². The Labute approximate surface area is 154 Å². The number of carbonyl (C=O) groups is 1. The molecule has 0 fully saturated rings. The molecular formula is C19H14ClFN2O3. The van der Waals surface area contributed by atoms with E-state index >= 15 is 0 Å². The van der Waals surface area contributed by atoms with Gasteiger partial charge >= 0.3 is 0 Å². The summed E-state index contributed by atoms with van der Waals surface area (Å²) in [5, 5.41) is 4.17. The Balaban J connectivity index is 1.53. The number of ether oxygens (including phenoxy) is 1. The number of halogens is 2. The highest BCUT2D eigenvalue weighted by Gasteiger charge is 2.08. The number of benzene rings is 2. The number of nitrogens with one attached hydrogen (secondary N) is 1. The van der Waals surface area contributed by atoms with E-state index in [1.165, 1.54) is 18.3 Å². The monoisotopic (exact) mass is 372 g/mol. The third-order valence-electron chi connectivity index (χ3n) is 3.37. The summed E-state index contributed by atoms with van der Waals surface area (Å²) in [6.45, 7) is 0.244. The van der Waals surface area contributed by atoms with Crippen molar-refractivity contribution in [3.63, 3.8) is 0 Å². The largest absolute Gasteiger partial charge is 0.460 e. The van der Waals surface area contributed by atoms with Crippen molar-refractivity contribution in [3.05, 3.63) is 88.4 Å². The van der Waals surface area contributed by atoms with E-state index in [9.17, 15) is 9.18 Å². The predicted octanol–water partition coefficient (Wildman–Crippen LogP) is 4.42. The van der Waals surface area contributed by atoms with Gasteiger partial charge in [0, 0.05) is 6.07 Å². The van der Waals surface area contributed by atoms with E-state index in [0.29, 0.717) is 16.3 Å². The van der Waals surface area contributed by atoms with Crippen molar-refractivity contribution in [1.29, 1.82) is 0 Å². The minimum absolute atomic E-state index is 0.244. The second-order valence-electron chi connectivity index (χ2n) is 5.25. The zero-order valence-electron chi connectivity index (χ0n) is 13.5. The fraction of sp³-hybridized carbons (Fsp3) is 0.0526. The van der Waals surface area contributed by atoms with Crippen LogP contribution in [-0.2, 0) is 6.61 Å². The molecule has 0 radical (unpaired) electrons. The Morgan fingerprint density at radius 3 is 2.69 bits per heavy atom. The molecular weight excluding hydrogens is 359 g/mol. The van der Waals surface area contributed by atoms with Crippen LogP contribution in [0.2, 0.25) is 5.02 Å². The minimum atomic E-state index is -0.425. The SMILES string of the molecule is O=C(N/N=C/c1ccc(OCc2ccc(F)cc2)o1)c1ccccc1Cl. The molecule has 0 saturated carbocycles. The summed E-state index contributed by atoms with van der Waals surface area (Å²) >= 11 is 5.94. The maximum absolute atomic E-state index is 12.8. The molecule has 7 heteroatoms. The van der Waals surface area contributed by atoms with Gasteiger partial charge in [-0.3, -0.25) is 4.79 Å². The van der Waals surface area contributed by atoms with Crippen LogP contribution in [0, 0.1) is 5.82 Å². The molecule has 26 heavy (non-hydrogen) atoms. The van der Waals surface area contributed by atoms with Crippen molar-refractivity contribution in [2.75, 3.05) is 0 Å². The number of amides is 1. The van der Waals surface area contributed by atoms with Gasteiger partial charge in [-0.05, 0) is 35.9 Å². The van der Waals surface area contributed by atoms with E-state index in [2.05, 4.69) is 10.5 Å². The normalized spacial score (nSPS) is 10.8. The van der Waals surface area contributed by atoms with E-state index in [1.54, 1.807) is 48.5 Å². The zero-order chi connectivity index (χ0) is 18.4. The van der Waals surface area contributed by atoms with Crippen LogP contribution in [0.15, 0.2) is 70.2 Å². The van der Waals surface area contributed by atoms with Gasteiger partial charge in [0.1, 0.15) is 12.4 Å². The fourth-order valence-electron chi connectivity index (χ4n) is 2.08. The lowest BCUT2D eigenvalue weighted by Crippen LogP contribution is -2.17. The molecule has 0 atom stereocenters. The molecule has 1 N–H and O–H groups in total. The van der Waals surface area contributed by atoms with Crippen molar-refractivity contribution in [3.8, 4) is 5.95 Å². The molecule has 2 aromatic carbocycles. The number of nitrogens with zero attached hydrogens (tertiary/aromatic N) is 1. The summed E-state index contributed by atoms with van der Waals surface area (Å²) < 4.78 is 23.7. The van der Waals surface area contributed by atoms with Crippen molar-refractivity contribution in [1.82, 2.24) is 5.43 Å². The number of carbonyl (C=O) groups excluding carboxylic acids is 1. The van der Waals surface area contributed by atoms with Crippen LogP contribution < -0.4 is 10.2 Å². The van der Waals surface area contributed by atoms with E-state index in [4.69, 9.17) is 20.8 Å². The Bertz CT molecular complexity index is 923. The van der Waals surface area contributed by atoms with E-state index in [-0.39, 0.29) is 18.4 Å². The third kappa shape index (κ3) is 4.70. The van der Waals surface area contributed by atoms with Crippen molar-refractivity contribution in [2.24, 2.45) is 5.10 Å². The van der Waals surface area contributed by atoms with E-state index in [0.717, 1.165) is 5.56 Å². The molecule has 0 bridgehead atoms. The van der Waals surface area contributed by atoms with Gasteiger partial charge in [0.05, 0.1) is 16.8 Å². The molecule has 1 aromatic heterocycles. The summed E-state index contributed by atoms with van der Waals surface area (Å²) in [5.41, 5.74) is 3.51. The first-order valence-corrected chi connectivity index (χ1v) is 8.04. The topological polar surface area (TPSA) is 63.8 Å². The molecule has 3 rings (SSSR count). The van der Waals surface area contributed by atoms with Crippen LogP contribution in [0.4, 0.5) is 4.39 Å². The van der Waals surface area contributed by atoms with Gasteiger partial charge in [-0.15, -0.1) is 0 Å². The van der Waals surface area contributed by atoms with Crippen LogP contribution in [0.3, 0.4) is 0 Å². The highest BCUT2D eigenvalue weighted by atomic mass is 35.5. The summed E-state index contributed by atoms with van der Waals surface area (Å²) in [6, 6.07) is 15.9. The zero-order valence-corrected chi connectivity index (χ0v) is 14.2. The first-order chi connectivity index (χ1) is 12.6. The lowest BCUT2D eigenvalue weighted by Gasteiger charge is -2.02. The van der Waals surface area contributed by atoms with Gasteiger partial charge in [0.25, 0.3) is 11.9 Å². The van der Waals surface area contributed by atoms with Gasteiger partial charge < -0.3 is 9.15 Å². The molecule has 1 amide bonds. The molecule has 0 aliphatic rings. The number of rotatable bonds is 6. The van der Waals surface area contributed by atoms with Crippen molar-refractivity contribution >= 4 is 23.7 Å². The van der Waals surface area contributed by atoms with Crippen LogP contribution in [0.1, 0.15) is 21.7 Å². The summed E-state index contributed by atoms with van der Waals surface area (Å²) in [4.78, 5) is 12.0. The number of hydrogen-bond acceptors (Lipinski definition) is 4. The second kappa shape index (κ2) is 8.31. The summed E-state index contributed by atoms with van der Waals surface area (Å²) in [7, 11) is 0. The van der Waals surface area contributed by atoms with Gasteiger partial charge in [-0.2, -0.15) is 5.10 Å². The lowest BCUT2D eigenvalue weighted by atomic mass is 10.2. The summed E-state index contributed by atoms with van der Waals surface area (Å²) in [6.07, 6.45) is 1.35. The Hall–Kier alpha value is -3.12. The highest BCUT2D eigenvalue weighted by Crippen LogP contribution is 2.17. The van der Waals surface area contributed by atoms with Crippen molar-refractivity contribution < 1.29 is 18.3 Å². The maximum Gasteiger partial charge on any atom is 0.285 e. The average Bonchev–Trinajstić information content (AvgIpc) is 3.09. The number of furan rings is 1. The second-order valence-corrected chi connectivity index (χ2v) is 5.66. The molecule has 0 spiro atoms. The highest BCUT2D eigenvalue weighted by molar-refractivity contribution is 6.33. The van der Waals surface area contributed by atoms with Gasteiger partial charge in [0.2, 0.25) is 0 Å². The Morgan fingerprint density at radius 2 is 1.92 bits per heavy atom. The molecule has 132 valence electrons. The molecule has 5 nitrogen and oxygen atoms in total. The third-order valence-corrected chi connectivity index (χ3v) is 3.70. The quantitative estimate of drug-likeness (QED) is 0.514. The van der Waals surface area contributed by atoms with Gasteiger partial charge in [-0.25, -0.2) is 9.82 Å².